The van der Waals surface area contributed by atoms with Crippen molar-refractivity contribution in [3.63, 3.8) is 0 Å². The van der Waals surface area contributed by atoms with Gasteiger partial charge < -0.3 is 10.1 Å². The summed E-state index contributed by atoms with van der Waals surface area (Å²) < 4.78 is 5.76. The van der Waals surface area contributed by atoms with Crippen LogP contribution >= 0.6 is 0 Å². The van der Waals surface area contributed by atoms with Crippen molar-refractivity contribution in [2.45, 2.75) is 65.0 Å². The Kier molecular flexibility index (Phi) is 5.50. The molecule has 0 radical (unpaired) electrons. The zero-order chi connectivity index (χ0) is 12.0. The van der Waals surface area contributed by atoms with Crippen LogP contribution in [0.25, 0.3) is 0 Å². The van der Waals surface area contributed by atoms with Gasteiger partial charge >= 0.3 is 0 Å². The molecule has 16 heavy (non-hydrogen) atoms. The van der Waals surface area contributed by atoms with Gasteiger partial charge in [-0.05, 0) is 53.4 Å². The second-order valence-corrected chi connectivity index (χ2v) is 5.54. The quantitative estimate of drug-likeness (QED) is 0.700. The fraction of sp³-hybridized carbons (Fsp3) is 0.857. The molecule has 2 unspecified atom stereocenters. The molecule has 1 fully saturated rings. The highest BCUT2D eigenvalue weighted by atomic mass is 16.5. The average Bonchev–Trinajstić information content (AvgIpc) is 2.62. The fourth-order valence-corrected chi connectivity index (χ4v) is 2.09. The van der Waals surface area contributed by atoms with Gasteiger partial charge in [-0.1, -0.05) is 11.6 Å². The number of nitrogens with one attached hydrogen (secondary N) is 1. The van der Waals surface area contributed by atoms with Crippen molar-refractivity contribution in [3.8, 4) is 0 Å². The highest BCUT2D eigenvalue weighted by Gasteiger charge is 2.29. The number of hydrogen-bond donors (Lipinski definition) is 1. The van der Waals surface area contributed by atoms with E-state index >= 15 is 0 Å². The number of ether oxygens (including phenoxy) is 1. The maximum Gasteiger partial charge on any atom is 0.0779 e. The van der Waals surface area contributed by atoms with E-state index in [1.165, 1.54) is 31.3 Å². The van der Waals surface area contributed by atoms with Crippen LogP contribution in [-0.4, -0.2) is 24.8 Å². The van der Waals surface area contributed by atoms with E-state index in [-0.39, 0.29) is 5.60 Å². The summed E-state index contributed by atoms with van der Waals surface area (Å²) in [4.78, 5) is 0. The van der Waals surface area contributed by atoms with Crippen molar-refractivity contribution in [1.82, 2.24) is 5.32 Å². The molecule has 1 aliphatic rings. The summed E-state index contributed by atoms with van der Waals surface area (Å²) in [5, 5.41) is 3.58. The molecule has 94 valence electrons. The summed E-state index contributed by atoms with van der Waals surface area (Å²) >= 11 is 0. The standard InChI is InChI=1S/C14H27NO/c1-12(2)7-5-8-13(3)15-11-14(4)9-6-10-16-14/h7,13,15H,5-6,8-11H2,1-4H3. The lowest BCUT2D eigenvalue weighted by atomic mass is 10.0. The second kappa shape index (κ2) is 6.41. The Labute approximate surface area is 100 Å². The minimum Gasteiger partial charge on any atom is -0.374 e. The first-order chi connectivity index (χ1) is 7.52. The van der Waals surface area contributed by atoms with E-state index in [2.05, 4.69) is 39.1 Å². The normalized spacial score (nSPS) is 26.8. The molecule has 1 heterocycles. The molecule has 0 aromatic rings. The molecule has 0 aliphatic carbocycles. The van der Waals surface area contributed by atoms with E-state index in [0.29, 0.717) is 6.04 Å². The van der Waals surface area contributed by atoms with Crippen molar-refractivity contribution in [2.75, 3.05) is 13.2 Å². The lowest BCUT2D eigenvalue weighted by Gasteiger charge is -2.25. The average molecular weight is 225 g/mol. The first-order valence-electron chi connectivity index (χ1n) is 6.52. The van der Waals surface area contributed by atoms with Crippen LogP contribution < -0.4 is 5.32 Å². The highest BCUT2D eigenvalue weighted by molar-refractivity contribution is 4.93. The monoisotopic (exact) mass is 225 g/mol. The van der Waals surface area contributed by atoms with E-state index in [0.717, 1.165) is 13.2 Å². The molecule has 0 spiro atoms. The van der Waals surface area contributed by atoms with Crippen LogP contribution in [0.1, 0.15) is 53.4 Å². The molecule has 1 aliphatic heterocycles. The smallest absolute Gasteiger partial charge is 0.0779 e. The third-order valence-corrected chi connectivity index (χ3v) is 3.28. The van der Waals surface area contributed by atoms with Crippen molar-refractivity contribution < 1.29 is 4.74 Å². The van der Waals surface area contributed by atoms with Crippen LogP contribution in [0.15, 0.2) is 11.6 Å². The summed E-state index contributed by atoms with van der Waals surface area (Å²) in [7, 11) is 0. The Hall–Kier alpha value is -0.340. The zero-order valence-electron chi connectivity index (χ0n) is 11.3. The summed E-state index contributed by atoms with van der Waals surface area (Å²) in [5.74, 6) is 0. The molecule has 0 aromatic heterocycles. The van der Waals surface area contributed by atoms with Crippen LogP contribution in [0.4, 0.5) is 0 Å². The van der Waals surface area contributed by atoms with E-state index in [1.807, 2.05) is 0 Å². The van der Waals surface area contributed by atoms with Crippen LogP contribution in [0, 0.1) is 0 Å². The molecule has 0 bridgehead atoms. The Morgan fingerprint density at radius 3 is 2.81 bits per heavy atom. The lowest BCUT2D eigenvalue weighted by Crippen LogP contribution is -2.41. The van der Waals surface area contributed by atoms with Crippen LogP contribution in [0.2, 0.25) is 0 Å². The van der Waals surface area contributed by atoms with Gasteiger partial charge in [0.25, 0.3) is 0 Å². The molecule has 2 heteroatoms. The maximum absolute atomic E-state index is 5.76. The second-order valence-electron chi connectivity index (χ2n) is 5.54. The molecular formula is C14H27NO. The summed E-state index contributed by atoms with van der Waals surface area (Å²) in [6.45, 7) is 10.7. The van der Waals surface area contributed by atoms with E-state index < -0.39 is 0 Å². The third kappa shape index (κ3) is 5.13. The number of rotatable bonds is 6. The molecule has 0 amide bonds. The molecule has 2 atom stereocenters. The van der Waals surface area contributed by atoms with Crippen molar-refractivity contribution in [1.29, 1.82) is 0 Å². The molecule has 0 aromatic carbocycles. The van der Waals surface area contributed by atoms with Gasteiger partial charge in [0, 0.05) is 19.2 Å². The van der Waals surface area contributed by atoms with Gasteiger partial charge in [-0.3, -0.25) is 0 Å². The van der Waals surface area contributed by atoms with E-state index in [1.54, 1.807) is 0 Å². The predicted molar refractivity (Wildman–Crippen MR) is 69.7 cm³/mol. The maximum atomic E-state index is 5.76. The lowest BCUT2D eigenvalue weighted by molar-refractivity contribution is 0.0190. The summed E-state index contributed by atoms with van der Waals surface area (Å²) in [5.41, 5.74) is 1.50. The first-order valence-corrected chi connectivity index (χ1v) is 6.52. The van der Waals surface area contributed by atoms with E-state index in [4.69, 9.17) is 4.74 Å². The highest BCUT2D eigenvalue weighted by Crippen LogP contribution is 2.24. The minimum absolute atomic E-state index is 0.0881. The van der Waals surface area contributed by atoms with Gasteiger partial charge in [0.2, 0.25) is 0 Å². The van der Waals surface area contributed by atoms with Crippen LogP contribution in [0.3, 0.4) is 0 Å². The molecule has 1 N–H and O–H groups in total. The number of allylic oxidation sites excluding steroid dienone is 2. The van der Waals surface area contributed by atoms with Crippen LogP contribution in [-0.2, 0) is 4.74 Å². The zero-order valence-corrected chi connectivity index (χ0v) is 11.3. The molecule has 2 nitrogen and oxygen atoms in total. The van der Waals surface area contributed by atoms with Gasteiger partial charge in [0.05, 0.1) is 5.60 Å². The topological polar surface area (TPSA) is 21.3 Å². The van der Waals surface area contributed by atoms with Crippen molar-refractivity contribution >= 4 is 0 Å². The Morgan fingerprint density at radius 2 is 2.25 bits per heavy atom. The molecule has 0 saturated carbocycles. The fourth-order valence-electron chi connectivity index (χ4n) is 2.09. The molecule has 1 saturated heterocycles. The van der Waals surface area contributed by atoms with Crippen LogP contribution in [0.5, 0.6) is 0 Å². The van der Waals surface area contributed by atoms with Gasteiger partial charge in [0.1, 0.15) is 0 Å². The van der Waals surface area contributed by atoms with Gasteiger partial charge in [-0.2, -0.15) is 0 Å². The van der Waals surface area contributed by atoms with Gasteiger partial charge in [0.15, 0.2) is 0 Å². The van der Waals surface area contributed by atoms with E-state index in [9.17, 15) is 0 Å². The largest absolute Gasteiger partial charge is 0.374 e. The molecular weight excluding hydrogens is 198 g/mol. The van der Waals surface area contributed by atoms with Crippen molar-refractivity contribution in [2.24, 2.45) is 0 Å². The molecule has 1 rings (SSSR count). The number of hydrogen-bond acceptors (Lipinski definition) is 2. The Morgan fingerprint density at radius 1 is 1.50 bits per heavy atom. The summed E-state index contributed by atoms with van der Waals surface area (Å²) in [6, 6.07) is 0.580. The van der Waals surface area contributed by atoms with Gasteiger partial charge in [-0.25, -0.2) is 0 Å². The Bertz CT molecular complexity index is 225. The predicted octanol–water partition coefficient (Wildman–Crippen LogP) is 3.28. The third-order valence-electron chi connectivity index (χ3n) is 3.28. The minimum atomic E-state index is 0.0881. The summed E-state index contributed by atoms with van der Waals surface area (Å²) in [6.07, 6.45) is 7.10. The van der Waals surface area contributed by atoms with Crippen molar-refractivity contribution in [3.05, 3.63) is 11.6 Å². The van der Waals surface area contributed by atoms with Gasteiger partial charge in [-0.15, -0.1) is 0 Å². The first kappa shape index (κ1) is 13.7. The SMILES string of the molecule is CC(C)=CCCC(C)NCC1(C)CCCO1. The Balaban J connectivity index is 2.14.